The van der Waals surface area contributed by atoms with E-state index in [2.05, 4.69) is 10.3 Å². The number of H-pyrrole nitrogens is 1. The number of nitrogens with two attached hydrogens (primary N) is 1. The van der Waals surface area contributed by atoms with E-state index < -0.39 is 11.7 Å². The zero-order valence-corrected chi connectivity index (χ0v) is 14.1. The molecule has 1 unspecified atom stereocenters. The molecule has 4 N–H and O–H groups in total. The smallest absolute Gasteiger partial charge is 0.407 e. The summed E-state index contributed by atoms with van der Waals surface area (Å²) in [6.07, 6.45) is 2.09. The predicted molar refractivity (Wildman–Crippen MR) is 90.8 cm³/mol. The molecule has 6 heteroatoms. The van der Waals surface area contributed by atoms with Gasteiger partial charge in [0, 0.05) is 29.7 Å². The minimum atomic E-state index is -0.530. The lowest BCUT2D eigenvalue weighted by molar-refractivity contribution is 0.0506. The van der Waals surface area contributed by atoms with E-state index in [1.54, 1.807) is 7.11 Å². The van der Waals surface area contributed by atoms with Gasteiger partial charge in [0.2, 0.25) is 0 Å². The van der Waals surface area contributed by atoms with E-state index in [1.807, 2.05) is 45.2 Å². The molecule has 126 valence electrons. The SMILES string of the molecule is COc1ccc2[nH]cc(CC(CN)NC(=O)OC(C)(C)C)c2c1. The Labute approximate surface area is 136 Å². The number of amides is 1. The fourth-order valence-corrected chi connectivity index (χ4v) is 2.39. The molecule has 6 nitrogen and oxygen atoms in total. The zero-order valence-electron chi connectivity index (χ0n) is 14.1. The molecule has 0 aliphatic rings. The van der Waals surface area contributed by atoms with Crippen molar-refractivity contribution in [3.05, 3.63) is 30.0 Å². The fourth-order valence-electron chi connectivity index (χ4n) is 2.39. The molecule has 1 amide bonds. The number of benzene rings is 1. The van der Waals surface area contributed by atoms with Crippen molar-refractivity contribution in [3.63, 3.8) is 0 Å². The van der Waals surface area contributed by atoms with Crippen LogP contribution in [0.5, 0.6) is 5.75 Å². The Morgan fingerprint density at radius 3 is 2.74 bits per heavy atom. The van der Waals surface area contributed by atoms with Crippen LogP contribution < -0.4 is 15.8 Å². The molecule has 0 saturated heterocycles. The monoisotopic (exact) mass is 319 g/mol. The Balaban J connectivity index is 2.11. The van der Waals surface area contributed by atoms with Gasteiger partial charge in [0.25, 0.3) is 0 Å². The van der Waals surface area contributed by atoms with E-state index >= 15 is 0 Å². The molecule has 1 heterocycles. The Bertz CT molecular complexity index is 673. The van der Waals surface area contributed by atoms with Gasteiger partial charge in [-0.15, -0.1) is 0 Å². The van der Waals surface area contributed by atoms with E-state index in [-0.39, 0.29) is 6.04 Å². The first-order valence-corrected chi connectivity index (χ1v) is 7.66. The molecule has 0 spiro atoms. The molecule has 0 saturated carbocycles. The topological polar surface area (TPSA) is 89.4 Å². The minimum absolute atomic E-state index is 0.199. The molecule has 23 heavy (non-hydrogen) atoms. The van der Waals surface area contributed by atoms with Gasteiger partial charge < -0.3 is 25.5 Å². The number of aromatic amines is 1. The highest BCUT2D eigenvalue weighted by atomic mass is 16.6. The first kappa shape index (κ1) is 17.1. The molecule has 0 aliphatic carbocycles. The largest absolute Gasteiger partial charge is 0.497 e. The second kappa shape index (κ2) is 6.91. The van der Waals surface area contributed by atoms with Gasteiger partial charge in [-0.05, 0) is 51.0 Å². The quantitative estimate of drug-likeness (QED) is 0.790. The number of alkyl carbamates (subject to hydrolysis) is 1. The van der Waals surface area contributed by atoms with Crippen LogP contribution in [-0.4, -0.2) is 36.4 Å². The van der Waals surface area contributed by atoms with Crippen LogP contribution in [0.25, 0.3) is 10.9 Å². The molecule has 0 aliphatic heterocycles. The number of hydrogen-bond acceptors (Lipinski definition) is 4. The third-order valence-electron chi connectivity index (χ3n) is 3.45. The summed E-state index contributed by atoms with van der Waals surface area (Å²) in [6.45, 7) is 5.82. The van der Waals surface area contributed by atoms with Gasteiger partial charge in [-0.3, -0.25) is 0 Å². The van der Waals surface area contributed by atoms with Gasteiger partial charge in [0.1, 0.15) is 11.4 Å². The Kier molecular flexibility index (Phi) is 5.15. The number of fused-ring (bicyclic) bond motifs is 1. The highest BCUT2D eigenvalue weighted by Crippen LogP contribution is 2.24. The van der Waals surface area contributed by atoms with E-state index in [4.69, 9.17) is 15.2 Å². The fraction of sp³-hybridized carbons (Fsp3) is 0.471. The van der Waals surface area contributed by atoms with Crippen LogP contribution in [0.15, 0.2) is 24.4 Å². The first-order chi connectivity index (χ1) is 10.8. The molecular weight excluding hydrogens is 294 g/mol. The molecule has 0 bridgehead atoms. The van der Waals surface area contributed by atoms with Gasteiger partial charge in [-0.2, -0.15) is 0 Å². The third-order valence-corrected chi connectivity index (χ3v) is 3.45. The molecule has 0 radical (unpaired) electrons. The molecule has 1 aromatic heterocycles. The van der Waals surface area contributed by atoms with Gasteiger partial charge in [-0.1, -0.05) is 0 Å². The van der Waals surface area contributed by atoms with Crippen molar-refractivity contribution in [3.8, 4) is 5.75 Å². The lowest BCUT2D eigenvalue weighted by atomic mass is 10.0. The maximum Gasteiger partial charge on any atom is 0.407 e. The molecular formula is C17H25N3O3. The standard InChI is InChI=1S/C17H25N3O3/c1-17(2,3)23-16(21)20-12(9-18)7-11-10-19-15-6-5-13(22-4)8-14(11)15/h5-6,8,10,12,19H,7,9,18H2,1-4H3,(H,20,21). The van der Waals surface area contributed by atoms with Gasteiger partial charge in [-0.25, -0.2) is 4.79 Å². The Morgan fingerprint density at radius 1 is 1.39 bits per heavy atom. The van der Waals surface area contributed by atoms with Crippen LogP contribution in [-0.2, 0) is 11.2 Å². The lowest BCUT2D eigenvalue weighted by Gasteiger charge is -2.23. The molecule has 2 rings (SSSR count). The number of hydrogen-bond donors (Lipinski definition) is 3. The summed E-state index contributed by atoms with van der Waals surface area (Å²) in [5, 5.41) is 3.89. The summed E-state index contributed by atoms with van der Waals surface area (Å²) in [5.41, 5.74) is 7.36. The van der Waals surface area contributed by atoms with Crippen molar-refractivity contribution >= 4 is 17.0 Å². The average Bonchev–Trinajstić information content (AvgIpc) is 2.86. The second-order valence-corrected chi connectivity index (χ2v) is 6.51. The second-order valence-electron chi connectivity index (χ2n) is 6.51. The molecule has 2 aromatic rings. The van der Waals surface area contributed by atoms with Crippen molar-refractivity contribution in [1.82, 2.24) is 10.3 Å². The van der Waals surface area contributed by atoms with E-state index in [0.717, 1.165) is 22.2 Å². The molecule has 1 atom stereocenters. The maximum atomic E-state index is 11.9. The summed E-state index contributed by atoms with van der Waals surface area (Å²) in [4.78, 5) is 15.1. The van der Waals surface area contributed by atoms with Crippen molar-refractivity contribution in [2.75, 3.05) is 13.7 Å². The zero-order chi connectivity index (χ0) is 17.0. The average molecular weight is 319 g/mol. The van der Waals surface area contributed by atoms with E-state index in [9.17, 15) is 4.79 Å². The highest BCUT2D eigenvalue weighted by molar-refractivity contribution is 5.84. The van der Waals surface area contributed by atoms with Crippen LogP contribution in [0.3, 0.4) is 0 Å². The van der Waals surface area contributed by atoms with Crippen molar-refractivity contribution in [2.45, 2.75) is 38.8 Å². The minimum Gasteiger partial charge on any atom is -0.497 e. The van der Waals surface area contributed by atoms with Crippen LogP contribution in [0, 0.1) is 0 Å². The number of carbonyl (C=O) groups is 1. The number of rotatable bonds is 5. The summed E-state index contributed by atoms with van der Waals surface area (Å²) < 4.78 is 10.5. The predicted octanol–water partition coefficient (Wildman–Crippen LogP) is 2.57. The molecule has 1 aromatic carbocycles. The lowest BCUT2D eigenvalue weighted by Crippen LogP contribution is -2.44. The number of nitrogens with one attached hydrogen (secondary N) is 2. The number of ether oxygens (including phenoxy) is 2. The summed E-state index contributed by atoms with van der Waals surface area (Å²) in [5.74, 6) is 0.794. The van der Waals surface area contributed by atoms with Crippen LogP contribution >= 0.6 is 0 Å². The number of methoxy groups -OCH3 is 1. The van der Waals surface area contributed by atoms with E-state index in [1.165, 1.54) is 0 Å². The van der Waals surface area contributed by atoms with Gasteiger partial charge in [0.15, 0.2) is 0 Å². The summed E-state index contributed by atoms with van der Waals surface area (Å²) in [6, 6.07) is 5.65. The van der Waals surface area contributed by atoms with Crippen molar-refractivity contribution < 1.29 is 14.3 Å². The summed E-state index contributed by atoms with van der Waals surface area (Å²) in [7, 11) is 1.64. The van der Waals surface area contributed by atoms with Crippen LogP contribution in [0.2, 0.25) is 0 Å². The highest BCUT2D eigenvalue weighted by Gasteiger charge is 2.20. The Morgan fingerprint density at radius 2 is 2.13 bits per heavy atom. The van der Waals surface area contributed by atoms with Gasteiger partial charge >= 0.3 is 6.09 Å². The van der Waals surface area contributed by atoms with Crippen molar-refractivity contribution in [2.24, 2.45) is 5.73 Å². The number of aromatic nitrogens is 1. The molecule has 0 fully saturated rings. The first-order valence-electron chi connectivity index (χ1n) is 7.66. The third kappa shape index (κ3) is 4.63. The maximum absolute atomic E-state index is 11.9. The summed E-state index contributed by atoms with van der Waals surface area (Å²) >= 11 is 0. The van der Waals surface area contributed by atoms with E-state index in [0.29, 0.717) is 13.0 Å². The van der Waals surface area contributed by atoms with Crippen LogP contribution in [0.1, 0.15) is 26.3 Å². The van der Waals surface area contributed by atoms with Crippen LogP contribution in [0.4, 0.5) is 4.79 Å². The normalized spacial score (nSPS) is 12.9. The van der Waals surface area contributed by atoms with Crippen molar-refractivity contribution in [1.29, 1.82) is 0 Å². The van der Waals surface area contributed by atoms with Gasteiger partial charge in [0.05, 0.1) is 7.11 Å². The Hall–Kier alpha value is -2.21. The number of carbonyl (C=O) groups excluding carboxylic acids is 1.